The standard InChI is InChI=1S/C14H16N2O4S/c1-8-3-2-4-9(5-8)16-12(17)6-11(13(16)18)21-7-10(15)14(19)20/h2-5,10-11H,6-7,15H2,1H3,(H,19,20). The maximum Gasteiger partial charge on any atom is 0.321 e. The minimum absolute atomic E-state index is 0.0732. The van der Waals surface area contributed by atoms with Gasteiger partial charge in [0.05, 0.1) is 10.9 Å². The molecule has 2 unspecified atom stereocenters. The molecule has 21 heavy (non-hydrogen) atoms. The van der Waals surface area contributed by atoms with Crippen LogP contribution in [0.25, 0.3) is 0 Å². The molecule has 1 aliphatic heterocycles. The molecule has 2 rings (SSSR count). The van der Waals surface area contributed by atoms with Gasteiger partial charge < -0.3 is 10.8 Å². The van der Waals surface area contributed by atoms with E-state index in [2.05, 4.69) is 0 Å². The molecular formula is C14H16N2O4S. The molecule has 0 bridgehead atoms. The highest BCUT2D eigenvalue weighted by molar-refractivity contribution is 8.00. The Balaban J connectivity index is 2.08. The first kappa shape index (κ1) is 15.5. The largest absolute Gasteiger partial charge is 0.480 e. The van der Waals surface area contributed by atoms with Crippen LogP contribution in [-0.4, -0.2) is 39.9 Å². The van der Waals surface area contributed by atoms with E-state index in [4.69, 9.17) is 10.8 Å². The number of imide groups is 1. The summed E-state index contributed by atoms with van der Waals surface area (Å²) >= 11 is 1.12. The highest BCUT2D eigenvalue weighted by Crippen LogP contribution is 2.30. The van der Waals surface area contributed by atoms with Crippen molar-refractivity contribution >= 4 is 35.2 Å². The number of carbonyl (C=O) groups is 3. The average molecular weight is 308 g/mol. The summed E-state index contributed by atoms with van der Waals surface area (Å²) in [6.45, 7) is 1.88. The number of aliphatic carboxylic acids is 1. The van der Waals surface area contributed by atoms with Crippen LogP contribution in [0.2, 0.25) is 0 Å². The number of hydrogen-bond acceptors (Lipinski definition) is 5. The van der Waals surface area contributed by atoms with Gasteiger partial charge in [-0.15, -0.1) is 11.8 Å². The minimum Gasteiger partial charge on any atom is -0.480 e. The molecule has 0 spiro atoms. The molecule has 2 amide bonds. The predicted octanol–water partition coefficient (Wildman–Crippen LogP) is 0.772. The quantitative estimate of drug-likeness (QED) is 0.779. The van der Waals surface area contributed by atoms with Crippen molar-refractivity contribution in [1.82, 2.24) is 0 Å². The summed E-state index contributed by atoms with van der Waals surface area (Å²) in [5, 5.41) is 8.17. The van der Waals surface area contributed by atoms with Gasteiger partial charge in [0, 0.05) is 12.2 Å². The van der Waals surface area contributed by atoms with E-state index in [1.807, 2.05) is 13.0 Å². The molecule has 3 N–H and O–H groups in total. The van der Waals surface area contributed by atoms with Crippen LogP contribution in [0.4, 0.5) is 5.69 Å². The summed E-state index contributed by atoms with van der Waals surface area (Å²) in [5.74, 6) is -1.60. The van der Waals surface area contributed by atoms with Crippen molar-refractivity contribution in [2.24, 2.45) is 5.73 Å². The van der Waals surface area contributed by atoms with Gasteiger partial charge in [-0.05, 0) is 24.6 Å². The number of nitrogens with zero attached hydrogens (tertiary/aromatic N) is 1. The lowest BCUT2D eigenvalue weighted by molar-refractivity contribution is -0.138. The van der Waals surface area contributed by atoms with Gasteiger partial charge in [0.15, 0.2) is 0 Å². The Hall–Kier alpha value is -1.86. The average Bonchev–Trinajstić information content (AvgIpc) is 2.70. The van der Waals surface area contributed by atoms with Crippen molar-refractivity contribution in [3.63, 3.8) is 0 Å². The number of rotatable bonds is 5. The third kappa shape index (κ3) is 3.43. The van der Waals surface area contributed by atoms with Crippen molar-refractivity contribution in [2.45, 2.75) is 24.6 Å². The van der Waals surface area contributed by atoms with Crippen molar-refractivity contribution < 1.29 is 19.5 Å². The lowest BCUT2D eigenvalue weighted by Gasteiger charge is -2.15. The summed E-state index contributed by atoms with van der Waals surface area (Å²) in [6.07, 6.45) is 0.0732. The van der Waals surface area contributed by atoms with E-state index in [1.165, 1.54) is 0 Å². The molecule has 1 saturated heterocycles. The van der Waals surface area contributed by atoms with Crippen LogP contribution in [0.15, 0.2) is 24.3 Å². The van der Waals surface area contributed by atoms with E-state index in [1.54, 1.807) is 18.2 Å². The fourth-order valence-electron chi connectivity index (χ4n) is 2.06. The zero-order valence-electron chi connectivity index (χ0n) is 11.5. The number of hydrogen-bond donors (Lipinski definition) is 2. The summed E-state index contributed by atoms with van der Waals surface area (Å²) in [7, 11) is 0. The van der Waals surface area contributed by atoms with E-state index in [-0.39, 0.29) is 24.0 Å². The number of carboxylic acid groups (broad SMARTS) is 1. The molecule has 1 aromatic carbocycles. The van der Waals surface area contributed by atoms with Gasteiger partial charge in [0.1, 0.15) is 6.04 Å². The molecule has 112 valence electrons. The first-order valence-electron chi connectivity index (χ1n) is 6.43. The molecule has 1 aliphatic rings. The van der Waals surface area contributed by atoms with Gasteiger partial charge in [-0.2, -0.15) is 0 Å². The summed E-state index contributed by atoms with van der Waals surface area (Å²) < 4.78 is 0. The highest BCUT2D eigenvalue weighted by atomic mass is 32.2. The van der Waals surface area contributed by atoms with Crippen LogP contribution in [-0.2, 0) is 14.4 Å². The molecule has 6 nitrogen and oxygen atoms in total. The first-order chi connectivity index (χ1) is 9.90. The van der Waals surface area contributed by atoms with Crippen LogP contribution in [0, 0.1) is 6.92 Å². The fraction of sp³-hybridized carbons (Fsp3) is 0.357. The lowest BCUT2D eigenvalue weighted by atomic mass is 10.2. The Labute approximate surface area is 126 Å². The fourth-order valence-corrected chi connectivity index (χ4v) is 3.15. The molecule has 1 heterocycles. The smallest absolute Gasteiger partial charge is 0.321 e. The van der Waals surface area contributed by atoms with Crippen LogP contribution in [0.1, 0.15) is 12.0 Å². The normalized spacial score (nSPS) is 19.9. The predicted molar refractivity (Wildman–Crippen MR) is 80.1 cm³/mol. The first-order valence-corrected chi connectivity index (χ1v) is 7.48. The maximum absolute atomic E-state index is 12.3. The molecule has 0 radical (unpaired) electrons. The monoisotopic (exact) mass is 308 g/mol. The van der Waals surface area contributed by atoms with Crippen molar-refractivity contribution in [3.8, 4) is 0 Å². The van der Waals surface area contributed by atoms with Gasteiger partial charge in [-0.3, -0.25) is 14.4 Å². The minimum atomic E-state index is -1.12. The van der Waals surface area contributed by atoms with Crippen LogP contribution >= 0.6 is 11.8 Å². The number of carboxylic acids is 1. The number of nitrogens with two attached hydrogens (primary N) is 1. The number of anilines is 1. The van der Waals surface area contributed by atoms with Crippen molar-refractivity contribution in [2.75, 3.05) is 10.7 Å². The van der Waals surface area contributed by atoms with E-state index in [0.717, 1.165) is 22.2 Å². The third-order valence-corrected chi connectivity index (χ3v) is 4.48. The lowest BCUT2D eigenvalue weighted by Crippen LogP contribution is -2.35. The summed E-state index contributed by atoms with van der Waals surface area (Å²) in [4.78, 5) is 36.2. The van der Waals surface area contributed by atoms with E-state index in [0.29, 0.717) is 5.69 Å². The van der Waals surface area contributed by atoms with E-state index >= 15 is 0 Å². The van der Waals surface area contributed by atoms with Gasteiger partial charge in [0.25, 0.3) is 0 Å². The molecule has 0 aromatic heterocycles. The Morgan fingerprint density at radius 3 is 2.86 bits per heavy atom. The summed E-state index contributed by atoms with van der Waals surface area (Å²) in [6, 6.07) is 6.11. The molecule has 0 aliphatic carbocycles. The zero-order chi connectivity index (χ0) is 15.6. The van der Waals surface area contributed by atoms with Crippen LogP contribution < -0.4 is 10.6 Å². The molecular weight excluding hydrogens is 292 g/mol. The van der Waals surface area contributed by atoms with Gasteiger partial charge in [0.2, 0.25) is 11.8 Å². The van der Waals surface area contributed by atoms with Crippen molar-refractivity contribution in [3.05, 3.63) is 29.8 Å². The van der Waals surface area contributed by atoms with Crippen LogP contribution in [0.5, 0.6) is 0 Å². The molecule has 1 aromatic rings. The van der Waals surface area contributed by atoms with Crippen LogP contribution in [0.3, 0.4) is 0 Å². The second kappa shape index (κ2) is 6.28. The maximum atomic E-state index is 12.3. The number of aryl methyl sites for hydroxylation is 1. The second-order valence-corrected chi connectivity index (χ2v) is 6.11. The number of thioether (sulfide) groups is 1. The molecule has 1 fully saturated rings. The van der Waals surface area contributed by atoms with Crippen molar-refractivity contribution in [1.29, 1.82) is 0 Å². The Morgan fingerprint density at radius 1 is 1.52 bits per heavy atom. The van der Waals surface area contributed by atoms with Gasteiger partial charge >= 0.3 is 5.97 Å². The highest BCUT2D eigenvalue weighted by Gasteiger charge is 2.40. The number of benzene rings is 1. The SMILES string of the molecule is Cc1cccc(N2C(=O)CC(SCC(N)C(=O)O)C2=O)c1. The van der Waals surface area contributed by atoms with Gasteiger partial charge in [-0.1, -0.05) is 12.1 Å². The number of amides is 2. The third-order valence-electron chi connectivity index (χ3n) is 3.16. The molecule has 2 atom stereocenters. The molecule has 7 heteroatoms. The Kier molecular flexibility index (Phi) is 4.64. The Bertz CT molecular complexity index is 590. The van der Waals surface area contributed by atoms with E-state index < -0.39 is 17.3 Å². The second-order valence-electron chi connectivity index (χ2n) is 4.88. The molecule has 0 saturated carbocycles. The number of carbonyl (C=O) groups excluding carboxylic acids is 2. The topological polar surface area (TPSA) is 101 Å². The van der Waals surface area contributed by atoms with E-state index in [9.17, 15) is 14.4 Å². The Morgan fingerprint density at radius 2 is 2.24 bits per heavy atom. The van der Waals surface area contributed by atoms with Gasteiger partial charge in [-0.25, -0.2) is 4.90 Å². The summed E-state index contributed by atoms with van der Waals surface area (Å²) in [5.41, 5.74) is 6.92. The zero-order valence-corrected chi connectivity index (χ0v) is 12.3.